The fourth-order valence-corrected chi connectivity index (χ4v) is 2.14. The van der Waals surface area contributed by atoms with E-state index in [0.29, 0.717) is 6.10 Å². The monoisotopic (exact) mass is 235 g/mol. The molecule has 0 radical (unpaired) electrons. The molecule has 1 N–H and O–H groups in total. The van der Waals surface area contributed by atoms with Gasteiger partial charge < -0.3 is 14.8 Å². The molecule has 0 saturated carbocycles. The molecule has 1 aliphatic heterocycles. The van der Waals surface area contributed by atoms with Crippen molar-refractivity contribution in [2.75, 3.05) is 26.8 Å². The first-order valence-electron chi connectivity index (χ1n) is 6.33. The lowest BCUT2D eigenvalue weighted by Crippen LogP contribution is -2.29. The van der Waals surface area contributed by atoms with E-state index < -0.39 is 0 Å². The van der Waals surface area contributed by atoms with Crippen LogP contribution < -0.4 is 5.32 Å². The van der Waals surface area contributed by atoms with Crippen LogP contribution in [0.3, 0.4) is 0 Å². The Balaban J connectivity index is 1.96. The fraction of sp³-hybridized carbons (Fsp3) is 0.571. The van der Waals surface area contributed by atoms with E-state index in [1.807, 2.05) is 13.1 Å². The van der Waals surface area contributed by atoms with Gasteiger partial charge in [0.05, 0.1) is 12.2 Å². The topological polar surface area (TPSA) is 30.5 Å². The smallest absolute Gasteiger partial charge is 0.0952 e. The Kier molecular flexibility index (Phi) is 4.98. The minimum atomic E-state index is 0.143. The molecule has 2 rings (SSSR count). The van der Waals surface area contributed by atoms with E-state index in [4.69, 9.17) is 9.47 Å². The number of rotatable bonds is 5. The van der Waals surface area contributed by atoms with E-state index >= 15 is 0 Å². The summed E-state index contributed by atoms with van der Waals surface area (Å²) in [6, 6.07) is 10.4. The lowest BCUT2D eigenvalue weighted by atomic mass is 10.1. The first-order chi connectivity index (χ1) is 8.40. The molecule has 1 aromatic carbocycles. The molecule has 0 spiro atoms. The molecule has 17 heavy (non-hydrogen) atoms. The molecule has 0 aromatic heterocycles. The second kappa shape index (κ2) is 6.74. The predicted molar refractivity (Wildman–Crippen MR) is 68.0 cm³/mol. The number of benzene rings is 1. The highest BCUT2D eigenvalue weighted by atomic mass is 16.5. The van der Waals surface area contributed by atoms with Gasteiger partial charge in [0.25, 0.3) is 0 Å². The highest BCUT2D eigenvalue weighted by Gasteiger charge is 2.20. The lowest BCUT2D eigenvalue weighted by Gasteiger charge is -2.28. The number of nitrogens with one attached hydrogen (secondary N) is 1. The van der Waals surface area contributed by atoms with Crippen LogP contribution in [0.4, 0.5) is 0 Å². The second-order valence-electron chi connectivity index (χ2n) is 4.40. The number of hydrogen-bond donors (Lipinski definition) is 1. The van der Waals surface area contributed by atoms with E-state index in [2.05, 4.69) is 29.6 Å². The normalized spacial score (nSPS) is 19.1. The first-order valence-corrected chi connectivity index (χ1v) is 6.33. The molecular weight excluding hydrogens is 214 g/mol. The van der Waals surface area contributed by atoms with Crippen LogP contribution >= 0.6 is 0 Å². The summed E-state index contributed by atoms with van der Waals surface area (Å²) in [6.07, 6.45) is 2.49. The van der Waals surface area contributed by atoms with Crippen molar-refractivity contribution >= 4 is 0 Å². The van der Waals surface area contributed by atoms with Crippen LogP contribution in [0.2, 0.25) is 0 Å². The van der Waals surface area contributed by atoms with Crippen molar-refractivity contribution < 1.29 is 9.47 Å². The van der Waals surface area contributed by atoms with Crippen molar-refractivity contribution in [3.63, 3.8) is 0 Å². The van der Waals surface area contributed by atoms with E-state index in [0.717, 1.165) is 32.6 Å². The number of likely N-dealkylation sites (N-methyl/N-ethyl adjacent to an activating group) is 1. The van der Waals surface area contributed by atoms with E-state index in [1.54, 1.807) is 0 Å². The van der Waals surface area contributed by atoms with Crippen molar-refractivity contribution in [1.82, 2.24) is 5.32 Å². The van der Waals surface area contributed by atoms with Crippen molar-refractivity contribution in [1.29, 1.82) is 0 Å². The Labute approximate surface area is 103 Å². The van der Waals surface area contributed by atoms with Crippen LogP contribution in [0, 0.1) is 0 Å². The van der Waals surface area contributed by atoms with Gasteiger partial charge in [-0.3, -0.25) is 0 Å². The largest absolute Gasteiger partial charge is 0.381 e. The van der Waals surface area contributed by atoms with Gasteiger partial charge in [-0.2, -0.15) is 0 Å². The minimum Gasteiger partial charge on any atom is -0.381 e. The highest BCUT2D eigenvalue weighted by molar-refractivity contribution is 5.18. The summed E-state index contributed by atoms with van der Waals surface area (Å²) in [6.45, 7) is 2.50. The SMILES string of the molecule is CNCC(OC1CCOCC1)c1ccccc1. The van der Waals surface area contributed by atoms with Crippen LogP contribution in [0.5, 0.6) is 0 Å². The summed E-state index contributed by atoms with van der Waals surface area (Å²) in [7, 11) is 1.96. The molecule has 1 aromatic rings. The summed E-state index contributed by atoms with van der Waals surface area (Å²) in [5.41, 5.74) is 1.24. The maximum Gasteiger partial charge on any atom is 0.0952 e. The molecule has 1 heterocycles. The zero-order valence-electron chi connectivity index (χ0n) is 10.4. The van der Waals surface area contributed by atoms with Crippen LogP contribution in [-0.4, -0.2) is 32.9 Å². The van der Waals surface area contributed by atoms with Crippen molar-refractivity contribution in [2.24, 2.45) is 0 Å². The third-order valence-electron chi connectivity index (χ3n) is 3.09. The molecule has 1 aliphatic rings. The average molecular weight is 235 g/mol. The third-order valence-corrected chi connectivity index (χ3v) is 3.09. The third kappa shape index (κ3) is 3.80. The Morgan fingerprint density at radius 3 is 2.65 bits per heavy atom. The highest BCUT2D eigenvalue weighted by Crippen LogP contribution is 2.22. The maximum absolute atomic E-state index is 6.18. The van der Waals surface area contributed by atoms with Gasteiger partial charge in [0.15, 0.2) is 0 Å². The number of ether oxygens (including phenoxy) is 2. The molecule has 0 amide bonds. The molecule has 3 nitrogen and oxygen atoms in total. The van der Waals surface area contributed by atoms with E-state index in [9.17, 15) is 0 Å². The minimum absolute atomic E-state index is 0.143. The first kappa shape index (κ1) is 12.6. The summed E-state index contributed by atoms with van der Waals surface area (Å²) in [5, 5.41) is 3.20. The van der Waals surface area contributed by atoms with Gasteiger partial charge in [0, 0.05) is 19.8 Å². The summed E-state index contributed by atoms with van der Waals surface area (Å²) < 4.78 is 11.5. The van der Waals surface area contributed by atoms with E-state index in [1.165, 1.54) is 5.56 Å². The van der Waals surface area contributed by atoms with Gasteiger partial charge in [0.1, 0.15) is 0 Å². The van der Waals surface area contributed by atoms with Crippen LogP contribution in [0.1, 0.15) is 24.5 Å². The van der Waals surface area contributed by atoms with Gasteiger partial charge in [-0.05, 0) is 25.5 Å². The van der Waals surface area contributed by atoms with Gasteiger partial charge in [0.2, 0.25) is 0 Å². The Morgan fingerprint density at radius 2 is 2.00 bits per heavy atom. The molecule has 0 aliphatic carbocycles. The molecule has 1 saturated heterocycles. The zero-order valence-corrected chi connectivity index (χ0v) is 10.4. The molecule has 1 fully saturated rings. The van der Waals surface area contributed by atoms with Gasteiger partial charge in [-0.15, -0.1) is 0 Å². The standard InChI is InChI=1S/C14H21NO2/c1-15-11-14(12-5-3-2-4-6-12)17-13-7-9-16-10-8-13/h2-6,13-15H,7-11H2,1H3. The van der Waals surface area contributed by atoms with Crippen LogP contribution in [0.15, 0.2) is 30.3 Å². The predicted octanol–water partition coefficient (Wildman–Crippen LogP) is 2.14. The lowest BCUT2D eigenvalue weighted by molar-refractivity contribution is -0.0684. The summed E-state index contributed by atoms with van der Waals surface area (Å²) in [5.74, 6) is 0. The average Bonchev–Trinajstić information content (AvgIpc) is 2.40. The molecule has 3 heteroatoms. The van der Waals surface area contributed by atoms with Crippen molar-refractivity contribution in [2.45, 2.75) is 25.0 Å². The molecule has 0 bridgehead atoms. The van der Waals surface area contributed by atoms with Crippen molar-refractivity contribution in [3.8, 4) is 0 Å². The van der Waals surface area contributed by atoms with Gasteiger partial charge in [-0.1, -0.05) is 30.3 Å². The zero-order chi connectivity index (χ0) is 11.9. The van der Waals surface area contributed by atoms with Gasteiger partial charge in [-0.25, -0.2) is 0 Å². The second-order valence-corrected chi connectivity index (χ2v) is 4.40. The van der Waals surface area contributed by atoms with Crippen LogP contribution in [-0.2, 0) is 9.47 Å². The molecule has 1 atom stereocenters. The maximum atomic E-state index is 6.18. The summed E-state index contributed by atoms with van der Waals surface area (Å²) >= 11 is 0. The quantitative estimate of drug-likeness (QED) is 0.848. The van der Waals surface area contributed by atoms with Crippen molar-refractivity contribution in [3.05, 3.63) is 35.9 Å². The van der Waals surface area contributed by atoms with E-state index in [-0.39, 0.29) is 6.10 Å². The Hall–Kier alpha value is -0.900. The van der Waals surface area contributed by atoms with Crippen LogP contribution in [0.25, 0.3) is 0 Å². The summed E-state index contributed by atoms with van der Waals surface area (Å²) in [4.78, 5) is 0. The Morgan fingerprint density at radius 1 is 1.29 bits per heavy atom. The number of hydrogen-bond acceptors (Lipinski definition) is 3. The molecule has 94 valence electrons. The Bertz CT molecular complexity index is 309. The fourth-order valence-electron chi connectivity index (χ4n) is 2.14. The van der Waals surface area contributed by atoms with Gasteiger partial charge >= 0.3 is 0 Å². The molecule has 1 unspecified atom stereocenters. The molecular formula is C14H21NO2.